The van der Waals surface area contributed by atoms with Gasteiger partial charge >= 0.3 is 6.67 Å². The van der Waals surface area contributed by atoms with Gasteiger partial charge in [0.15, 0.2) is 6.54 Å². The summed E-state index contributed by atoms with van der Waals surface area (Å²) in [5, 5.41) is 0. The van der Waals surface area contributed by atoms with E-state index in [1.807, 2.05) is 66.0 Å². The van der Waals surface area contributed by atoms with E-state index < -0.39 is 0 Å². The predicted octanol–water partition coefficient (Wildman–Crippen LogP) is -0.0809. The number of hydrogen-bond acceptors (Lipinski definition) is 4. The van der Waals surface area contributed by atoms with Crippen LogP contribution in [0.1, 0.15) is 11.4 Å². The second-order valence-corrected chi connectivity index (χ2v) is 6.04. The smallest absolute Gasteiger partial charge is 0.646 e. The topological polar surface area (TPSA) is 33.1 Å². The summed E-state index contributed by atoms with van der Waals surface area (Å²) >= 11 is 0. The Kier molecular flexibility index (Phi) is 3.11. The van der Waals surface area contributed by atoms with E-state index in [4.69, 9.17) is 4.98 Å². The molecule has 0 aromatic carbocycles. The highest BCUT2D eigenvalue weighted by atomic mass is 15.5. The van der Waals surface area contributed by atoms with Crippen LogP contribution in [0.2, 0.25) is 0 Å². The van der Waals surface area contributed by atoms with Gasteiger partial charge in [0.1, 0.15) is 0 Å². The molecule has 24 heavy (non-hydrogen) atoms. The molecule has 5 rings (SSSR count). The molecule has 1 aromatic heterocycles. The number of hydrogen-bond donors (Lipinski definition) is 0. The highest BCUT2D eigenvalue weighted by Crippen LogP contribution is 2.19. The zero-order chi connectivity index (χ0) is 15.9. The summed E-state index contributed by atoms with van der Waals surface area (Å²) < 4.78 is 4.03. The molecule has 0 N–H and O–H groups in total. The van der Waals surface area contributed by atoms with Crippen molar-refractivity contribution in [2.75, 3.05) is 13.3 Å². The molecule has 8 bridgehead atoms. The normalized spacial score (nSPS) is 22.5. The van der Waals surface area contributed by atoms with Crippen LogP contribution in [-0.2, 0) is 13.1 Å². The van der Waals surface area contributed by atoms with Crippen LogP contribution in [0.25, 0.3) is 0 Å². The quantitative estimate of drug-likeness (QED) is 0.625. The van der Waals surface area contributed by atoms with Crippen LogP contribution in [0.15, 0.2) is 36.9 Å². The van der Waals surface area contributed by atoms with E-state index in [0.29, 0.717) is 13.3 Å². The van der Waals surface area contributed by atoms with Crippen molar-refractivity contribution in [2.45, 2.75) is 13.1 Å². The molecule has 4 aliphatic rings. The lowest BCUT2D eigenvalue weighted by molar-refractivity contribution is -0.669. The van der Waals surface area contributed by atoms with Crippen LogP contribution in [-0.4, -0.2) is 54.5 Å². The van der Waals surface area contributed by atoms with E-state index >= 15 is 0 Å². The fraction of sp³-hybridized carbons (Fsp3) is 0.235. The molecule has 0 aliphatic carbocycles. The number of nitrogens with zero attached hydrogens (tertiary/aromatic N) is 7. The Bertz CT molecular complexity index is 757. The molecule has 0 saturated carbocycles. The van der Waals surface area contributed by atoms with Crippen molar-refractivity contribution in [3.8, 4) is 0 Å². The maximum atomic E-state index is 4.70. The Morgan fingerprint density at radius 3 is 2.46 bits per heavy atom. The molecule has 0 fully saturated rings. The SMILES string of the molecule is [C]1N2C=CN1CN1[C]N(C=C1)C[N+]1=CC=[N+]([C]1)Cc1ccc([n-]1)C2. The molecule has 6 radical (unpaired) electrons. The fourth-order valence-electron chi connectivity index (χ4n) is 2.97. The minimum atomic E-state index is 0.676. The summed E-state index contributed by atoms with van der Waals surface area (Å²) in [4.78, 5) is 12.7. The minimum absolute atomic E-state index is 0.676. The van der Waals surface area contributed by atoms with Gasteiger partial charge in [-0.25, -0.2) is 0 Å². The molecule has 0 unspecified atom stereocenters. The largest absolute Gasteiger partial charge is 0.658 e. The minimum Gasteiger partial charge on any atom is -0.658 e. The summed E-state index contributed by atoms with van der Waals surface area (Å²) in [5.41, 5.74) is 2.09. The van der Waals surface area contributed by atoms with E-state index in [2.05, 4.69) is 32.1 Å². The number of rotatable bonds is 0. The monoisotopic (exact) mass is 318 g/mol. The molecule has 0 amide bonds. The van der Waals surface area contributed by atoms with Gasteiger partial charge in [-0.15, -0.1) is 14.8 Å². The maximum Gasteiger partial charge on any atom is 0.646 e. The van der Waals surface area contributed by atoms with E-state index in [9.17, 15) is 0 Å². The lowest BCUT2D eigenvalue weighted by Crippen LogP contribution is -2.32. The Balaban J connectivity index is 1.37. The van der Waals surface area contributed by atoms with Crippen molar-refractivity contribution in [1.82, 2.24) is 24.6 Å². The molecular formula is C17H16N7+. The van der Waals surface area contributed by atoms with Gasteiger partial charge in [-0.3, -0.25) is 4.90 Å². The van der Waals surface area contributed by atoms with E-state index in [1.165, 1.54) is 0 Å². The number of aromatic nitrogens is 1. The van der Waals surface area contributed by atoms with Crippen molar-refractivity contribution < 1.29 is 9.15 Å². The molecule has 7 heteroatoms. The van der Waals surface area contributed by atoms with Gasteiger partial charge in [-0.05, 0) is 0 Å². The lowest BCUT2D eigenvalue weighted by atomic mass is 10.4. The summed E-state index contributed by atoms with van der Waals surface area (Å²) in [6.07, 6.45) is 12.1. The molecule has 0 spiro atoms. The second-order valence-electron chi connectivity index (χ2n) is 6.04. The first-order valence-electron chi connectivity index (χ1n) is 7.85. The van der Waals surface area contributed by atoms with E-state index in [-0.39, 0.29) is 0 Å². The summed E-state index contributed by atoms with van der Waals surface area (Å²) in [6.45, 7) is 12.7. The maximum absolute atomic E-state index is 4.70. The average molecular weight is 318 g/mol. The third-order valence-electron chi connectivity index (χ3n) is 4.08. The highest BCUT2D eigenvalue weighted by molar-refractivity contribution is 6.11. The van der Waals surface area contributed by atoms with Crippen molar-refractivity contribution in [3.63, 3.8) is 0 Å². The van der Waals surface area contributed by atoms with Crippen LogP contribution < -0.4 is 4.98 Å². The van der Waals surface area contributed by atoms with Gasteiger partial charge in [-0.2, -0.15) is 0 Å². The van der Waals surface area contributed by atoms with E-state index in [1.54, 1.807) is 0 Å². The number of fused-ring (bicyclic) bond motifs is 8. The fourth-order valence-corrected chi connectivity index (χ4v) is 2.97. The molecule has 118 valence electrons. The Labute approximate surface area is 141 Å². The van der Waals surface area contributed by atoms with Crippen molar-refractivity contribution in [1.29, 1.82) is 0 Å². The van der Waals surface area contributed by atoms with Crippen LogP contribution in [0.4, 0.5) is 0 Å². The molecule has 1 aromatic rings. The zero-order valence-electron chi connectivity index (χ0n) is 13.1. The second kappa shape index (κ2) is 5.43. The van der Waals surface area contributed by atoms with Crippen LogP contribution in [0, 0.1) is 20.0 Å². The Hall–Kier alpha value is -2.70. The third kappa shape index (κ3) is 2.66. The summed E-state index contributed by atoms with van der Waals surface area (Å²) in [6, 6.07) is 4.15. The van der Waals surface area contributed by atoms with Gasteiger partial charge in [-0.1, -0.05) is 17.8 Å². The van der Waals surface area contributed by atoms with Gasteiger partial charge in [0.25, 0.3) is 0 Å². The Morgan fingerprint density at radius 2 is 1.54 bits per heavy atom. The van der Waals surface area contributed by atoms with Crippen LogP contribution >= 0.6 is 0 Å². The summed E-state index contributed by atoms with van der Waals surface area (Å²) in [5.74, 6) is 0. The van der Waals surface area contributed by atoms with Crippen molar-refractivity contribution in [2.24, 2.45) is 0 Å². The average Bonchev–Trinajstić information content (AvgIpc) is 3.32. The molecule has 4 aliphatic heterocycles. The van der Waals surface area contributed by atoms with Gasteiger partial charge in [0.2, 0.25) is 32.4 Å². The van der Waals surface area contributed by atoms with Gasteiger partial charge < -0.3 is 19.7 Å². The van der Waals surface area contributed by atoms with Gasteiger partial charge in [0, 0.05) is 31.3 Å². The summed E-state index contributed by atoms with van der Waals surface area (Å²) in [7, 11) is 0. The zero-order valence-corrected chi connectivity index (χ0v) is 13.1. The first kappa shape index (κ1) is 13.7. The van der Waals surface area contributed by atoms with E-state index in [0.717, 1.165) is 24.5 Å². The predicted molar refractivity (Wildman–Crippen MR) is 84.9 cm³/mol. The van der Waals surface area contributed by atoms with Gasteiger partial charge in [0.05, 0.1) is 6.67 Å². The lowest BCUT2D eigenvalue weighted by Gasteiger charge is -2.25. The van der Waals surface area contributed by atoms with Crippen molar-refractivity contribution in [3.05, 3.63) is 68.3 Å². The molecule has 5 heterocycles. The molecule has 7 nitrogen and oxygen atoms in total. The Morgan fingerprint density at radius 1 is 0.833 bits per heavy atom. The first-order valence-corrected chi connectivity index (χ1v) is 7.85. The van der Waals surface area contributed by atoms with Crippen LogP contribution in [0.3, 0.4) is 0 Å². The van der Waals surface area contributed by atoms with Crippen molar-refractivity contribution >= 4 is 12.4 Å². The molecule has 0 saturated heterocycles. The highest BCUT2D eigenvalue weighted by Gasteiger charge is 2.31. The first-order chi connectivity index (χ1) is 11.8. The molecule has 0 atom stereocenters. The van der Waals surface area contributed by atoms with Crippen LogP contribution in [0.5, 0.6) is 0 Å². The third-order valence-corrected chi connectivity index (χ3v) is 4.08. The molecular weight excluding hydrogens is 302 g/mol. The standard InChI is InChI=1S/C17H16N7/c1-2-17-10-20-4-6-22(12-20)14-24-8-7-23(15-24)13-21-5-3-19(11-21)9-16(1)18-17/h1-8H,9-10,13-14H2/q+1.